The maximum absolute atomic E-state index is 13.3. The zero-order chi connectivity index (χ0) is 32.2. The minimum atomic E-state index is -0.898. The highest BCUT2D eigenvalue weighted by atomic mass is 16.6. The Labute approximate surface area is 260 Å². The predicted octanol–water partition coefficient (Wildman–Crippen LogP) is 4.92. The monoisotopic (exact) mass is 620 g/mol. The largest absolute Gasteiger partial charge is 0.464 e. The average molecular weight is 621 g/mol. The Morgan fingerprint density at radius 2 is 1.24 bits per heavy atom. The highest BCUT2D eigenvalue weighted by Gasteiger charge is 2.28. The Hall–Kier alpha value is -5.01. The number of alkyl carbamates (subject to hydrolysis) is 1. The van der Waals surface area contributed by atoms with Gasteiger partial charge in [0.05, 0.1) is 33.5 Å². The third kappa shape index (κ3) is 10.3. The molecule has 0 aliphatic carbocycles. The van der Waals surface area contributed by atoms with Crippen molar-refractivity contribution in [1.29, 1.82) is 0 Å². The molecule has 2 aromatic carbocycles. The first-order valence-electron chi connectivity index (χ1n) is 14.1. The summed E-state index contributed by atoms with van der Waals surface area (Å²) in [4.78, 5) is 46.3. The van der Waals surface area contributed by atoms with Gasteiger partial charge in [-0.05, 0) is 31.9 Å². The third-order valence-corrected chi connectivity index (χ3v) is 6.06. The molecule has 13 nitrogen and oxygen atoms in total. The van der Waals surface area contributed by atoms with Crippen LogP contribution in [0.15, 0.2) is 82.0 Å². The number of hydrogen-bond donors (Lipinski definition) is 2. The first kappa shape index (κ1) is 32.9. The third-order valence-electron chi connectivity index (χ3n) is 6.06. The van der Waals surface area contributed by atoms with E-state index >= 15 is 0 Å². The Kier molecular flexibility index (Phi) is 11.4. The number of hydrogen-bond acceptors (Lipinski definition) is 11. The summed E-state index contributed by atoms with van der Waals surface area (Å²) in [5, 5.41) is 5.45. The molecule has 0 saturated heterocycles. The molecule has 4 aromatic rings. The zero-order valence-electron chi connectivity index (χ0n) is 25.5. The number of nitrogens with zero attached hydrogens (tertiary/aromatic N) is 2. The van der Waals surface area contributed by atoms with Crippen molar-refractivity contribution in [1.82, 2.24) is 20.6 Å². The number of rotatable bonds is 14. The second kappa shape index (κ2) is 15.6. The summed E-state index contributed by atoms with van der Waals surface area (Å²) >= 11 is 0. The van der Waals surface area contributed by atoms with Gasteiger partial charge in [0.25, 0.3) is 5.91 Å². The standard InChI is InChI=1S/C32H36N4O9/c1-32(2,3)45-31(39)36-25(18-42-16-22-13-9-6-10-14-22)29-34-23(19-43-29)27(37)33-24(17-41-15-21-11-7-5-8-12-21)28-35-26(20-44-28)30(38)40-4/h5-14,19-20,24-25H,15-18H2,1-4H3,(H,33,37)(H,36,39)/t24-,25-/m0/s1. The van der Waals surface area contributed by atoms with Crippen molar-refractivity contribution in [3.05, 3.63) is 107 Å². The number of aromatic nitrogens is 2. The number of carbonyl (C=O) groups is 3. The number of ether oxygens (including phenoxy) is 4. The van der Waals surface area contributed by atoms with Crippen LogP contribution in [0.5, 0.6) is 0 Å². The molecule has 0 aliphatic rings. The topological polar surface area (TPSA) is 164 Å². The Morgan fingerprint density at radius 1 is 0.756 bits per heavy atom. The molecule has 2 atom stereocenters. The highest BCUT2D eigenvalue weighted by Crippen LogP contribution is 2.19. The van der Waals surface area contributed by atoms with E-state index < -0.39 is 35.7 Å². The Morgan fingerprint density at radius 3 is 1.76 bits per heavy atom. The van der Waals surface area contributed by atoms with E-state index in [2.05, 4.69) is 20.6 Å². The molecule has 2 amide bonds. The second-order valence-electron chi connectivity index (χ2n) is 10.9. The summed E-state index contributed by atoms with van der Waals surface area (Å²) in [6.07, 6.45) is 1.58. The summed E-state index contributed by atoms with van der Waals surface area (Å²) < 4.78 is 32.8. The van der Waals surface area contributed by atoms with Gasteiger partial charge < -0.3 is 38.4 Å². The molecule has 45 heavy (non-hydrogen) atoms. The van der Waals surface area contributed by atoms with Crippen molar-refractivity contribution in [2.75, 3.05) is 20.3 Å². The number of oxazole rings is 2. The molecule has 0 spiro atoms. The van der Waals surface area contributed by atoms with E-state index in [4.69, 9.17) is 27.8 Å². The van der Waals surface area contributed by atoms with Crippen molar-refractivity contribution < 1.29 is 42.2 Å². The minimum absolute atomic E-state index is 0.0156. The first-order chi connectivity index (χ1) is 21.6. The van der Waals surface area contributed by atoms with Gasteiger partial charge in [-0.3, -0.25) is 4.79 Å². The van der Waals surface area contributed by atoms with E-state index in [1.807, 2.05) is 60.7 Å². The zero-order valence-corrected chi connectivity index (χ0v) is 25.5. The molecule has 0 bridgehead atoms. The van der Waals surface area contributed by atoms with E-state index in [9.17, 15) is 14.4 Å². The summed E-state index contributed by atoms with van der Waals surface area (Å²) in [6, 6.07) is 17.2. The van der Waals surface area contributed by atoms with Crippen LogP contribution < -0.4 is 10.6 Å². The van der Waals surface area contributed by atoms with Crippen LogP contribution in [0, 0.1) is 0 Å². The van der Waals surface area contributed by atoms with Gasteiger partial charge >= 0.3 is 12.1 Å². The quantitative estimate of drug-likeness (QED) is 0.184. The fraction of sp³-hybridized carbons (Fsp3) is 0.344. The number of esters is 1. The van der Waals surface area contributed by atoms with Gasteiger partial charge in [0.2, 0.25) is 11.8 Å². The maximum Gasteiger partial charge on any atom is 0.408 e. The molecule has 0 radical (unpaired) electrons. The molecule has 4 rings (SSSR count). The van der Waals surface area contributed by atoms with Crippen molar-refractivity contribution in [2.45, 2.75) is 51.7 Å². The fourth-order valence-electron chi connectivity index (χ4n) is 3.97. The first-order valence-corrected chi connectivity index (χ1v) is 14.1. The van der Waals surface area contributed by atoms with Crippen LogP contribution in [0.25, 0.3) is 0 Å². The summed E-state index contributed by atoms with van der Waals surface area (Å²) in [5.41, 5.74) is 0.960. The van der Waals surface area contributed by atoms with Gasteiger partial charge in [-0.2, -0.15) is 0 Å². The van der Waals surface area contributed by atoms with E-state index in [1.54, 1.807) is 20.8 Å². The van der Waals surface area contributed by atoms with Crippen LogP contribution >= 0.6 is 0 Å². The van der Waals surface area contributed by atoms with Gasteiger partial charge in [-0.15, -0.1) is 0 Å². The van der Waals surface area contributed by atoms with Crippen LogP contribution in [0.3, 0.4) is 0 Å². The Bertz CT molecular complexity index is 1530. The van der Waals surface area contributed by atoms with Crippen LogP contribution in [0.2, 0.25) is 0 Å². The van der Waals surface area contributed by atoms with Crippen LogP contribution in [-0.4, -0.2) is 53.9 Å². The lowest BCUT2D eigenvalue weighted by Gasteiger charge is -2.22. The molecular weight excluding hydrogens is 584 g/mol. The summed E-state index contributed by atoms with van der Waals surface area (Å²) in [6.45, 7) is 5.69. The van der Waals surface area contributed by atoms with Crippen LogP contribution in [0.4, 0.5) is 4.79 Å². The average Bonchev–Trinajstić information content (AvgIpc) is 3.71. The molecule has 0 unspecified atom stereocenters. The normalized spacial score (nSPS) is 12.6. The van der Waals surface area contributed by atoms with Crippen LogP contribution in [0.1, 0.15) is 76.7 Å². The molecule has 238 valence electrons. The summed E-state index contributed by atoms with van der Waals surface area (Å²) in [5.74, 6) is -1.28. The van der Waals surface area contributed by atoms with Crippen molar-refractivity contribution in [3.8, 4) is 0 Å². The molecule has 0 saturated carbocycles. The van der Waals surface area contributed by atoms with Crippen molar-refractivity contribution >= 4 is 18.0 Å². The highest BCUT2D eigenvalue weighted by molar-refractivity contribution is 5.92. The second-order valence-corrected chi connectivity index (χ2v) is 10.9. The van der Waals surface area contributed by atoms with E-state index in [0.717, 1.165) is 23.7 Å². The van der Waals surface area contributed by atoms with Crippen molar-refractivity contribution in [3.63, 3.8) is 0 Å². The molecule has 13 heteroatoms. The van der Waals surface area contributed by atoms with Gasteiger partial charge in [-0.1, -0.05) is 60.7 Å². The Balaban J connectivity index is 1.47. The van der Waals surface area contributed by atoms with E-state index in [-0.39, 0.29) is 49.6 Å². The van der Waals surface area contributed by atoms with Gasteiger partial charge in [0.15, 0.2) is 11.4 Å². The number of nitrogens with one attached hydrogen (secondary N) is 2. The van der Waals surface area contributed by atoms with E-state index in [0.29, 0.717) is 0 Å². The smallest absolute Gasteiger partial charge is 0.408 e. The SMILES string of the molecule is COC(=O)c1coc([C@H](COCc2ccccc2)NC(=O)c2coc([C@H](COCc3ccccc3)NC(=O)OC(C)(C)C)n2)n1. The number of amides is 2. The van der Waals surface area contributed by atoms with Crippen molar-refractivity contribution in [2.24, 2.45) is 0 Å². The lowest BCUT2D eigenvalue weighted by atomic mass is 10.2. The van der Waals surface area contributed by atoms with Gasteiger partial charge in [-0.25, -0.2) is 19.6 Å². The maximum atomic E-state index is 13.3. The van der Waals surface area contributed by atoms with Gasteiger partial charge in [0.1, 0.15) is 30.2 Å². The minimum Gasteiger partial charge on any atom is -0.464 e. The molecule has 0 aliphatic heterocycles. The summed E-state index contributed by atoms with van der Waals surface area (Å²) in [7, 11) is 1.22. The fourth-order valence-corrected chi connectivity index (χ4v) is 3.97. The number of benzene rings is 2. The number of methoxy groups -OCH3 is 1. The number of carbonyl (C=O) groups excluding carboxylic acids is 3. The molecule has 2 aromatic heterocycles. The molecular formula is C32H36N4O9. The molecule has 0 fully saturated rings. The van der Waals surface area contributed by atoms with Gasteiger partial charge in [0, 0.05) is 0 Å². The van der Waals surface area contributed by atoms with E-state index in [1.165, 1.54) is 7.11 Å². The molecule has 2 N–H and O–H groups in total. The van der Waals surface area contributed by atoms with Crippen LogP contribution in [-0.2, 0) is 32.2 Å². The lowest BCUT2D eigenvalue weighted by Crippen LogP contribution is -2.37. The predicted molar refractivity (Wildman–Crippen MR) is 159 cm³/mol. The molecule has 2 heterocycles. The lowest BCUT2D eigenvalue weighted by molar-refractivity contribution is 0.0404.